The zero-order valence-corrected chi connectivity index (χ0v) is 14.5. The summed E-state index contributed by atoms with van der Waals surface area (Å²) >= 11 is 0. The van der Waals surface area contributed by atoms with Crippen LogP contribution in [-0.4, -0.2) is 72.9 Å². The molecule has 2 atom stereocenters. The van der Waals surface area contributed by atoms with Gasteiger partial charge in [0.15, 0.2) is 0 Å². The maximum absolute atomic E-state index is 6.34. The largest absolute Gasteiger partial charge is 0.377 e. The lowest BCUT2D eigenvalue weighted by atomic mass is 9.94. The monoisotopic (exact) mass is 331 g/mol. The SMILES string of the molecule is c1ccc(CN2CCOC[C@@]3(C[C@@H](CN4CCCC4)CO3)C2)nc1. The first-order valence-electron chi connectivity index (χ1n) is 9.38. The Labute approximate surface area is 144 Å². The molecular formula is C19H29N3O2. The average molecular weight is 331 g/mol. The normalized spacial score (nSPS) is 32.4. The summed E-state index contributed by atoms with van der Waals surface area (Å²) in [7, 11) is 0. The number of rotatable bonds is 4. The van der Waals surface area contributed by atoms with E-state index in [-0.39, 0.29) is 5.60 Å². The molecule has 1 spiro atoms. The first-order chi connectivity index (χ1) is 11.8. The second kappa shape index (κ2) is 7.48. The van der Waals surface area contributed by atoms with E-state index in [4.69, 9.17) is 9.47 Å². The lowest BCUT2D eigenvalue weighted by Crippen LogP contribution is -2.44. The minimum absolute atomic E-state index is 0.115. The van der Waals surface area contributed by atoms with Gasteiger partial charge in [0.05, 0.1) is 25.5 Å². The third kappa shape index (κ3) is 3.97. The van der Waals surface area contributed by atoms with Crippen LogP contribution in [-0.2, 0) is 16.0 Å². The summed E-state index contributed by atoms with van der Waals surface area (Å²) in [4.78, 5) is 9.53. The Morgan fingerprint density at radius 1 is 1.17 bits per heavy atom. The van der Waals surface area contributed by atoms with Gasteiger partial charge >= 0.3 is 0 Å². The number of nitrogens with zero attached hydrogens (tertiary/aromatic N) is 3. The van der Waals surface area contributed by atoms with Crippen LogP contribution in [0, 0.1) is 5.92 Å². The van der Waals surface area contributed by atoms with Crippen molar-refractivity contribution in [3.63, 3.8) is 0 Å². The Morgan fingerprint density at radius 2 is 2.08 bits per heavy atom. The molecule has 0 amide bonds. The van der Waals surface area contributed by atoms with E-state index in [1.807, 2.05) is 12.3 Å². The highest BCUT2D eigenvalue weighted by atomic mass is 16.5. The van der Waals surface area contributed by atoms with Crippen molar-refractivity contribution >= 4 is 0 Å². The van der Waals surface area contributed by atoms with E-state index >= 15 is 0 Å². The molecule has 24 heavy (non-hydrogen) atoms. The van der Waals surface area contributed by atoms with Crippen LogP contribution in [0.15, 0.2) is 24.4 Å². The van der Waals surface area contributed by atoms with Gasteiger partial charge in [-0.25, -0.2) is 0 Å². The third-order valence-electron chi connectivity index (χ3n) is 5.54. The number of hydrogen-bond acceptors (Lipinski definition) is 5. The molecular weight excluding hydrogens is 302 g/mol. The van der Waals surface area contributed by atoms with Crippen LogP contribution in [0.4, 0.5) is 0 Å². The fourth-order valence-electron chi connectivity index (χ4n) is 4.44. The van der Waals surface area contributed by atoms with Crippen molar-refractivity contribution in [2.45, 2.75) is 31.4 Å². The van der Waals surface area contributed by atoms with Gasteiger partial charge in [0.2, 0.25) is 0 Å². The molecule has 132 valence electrons. The summed E-state index contributed by atoms with van der Waals surface area (Å²) in [5.74, 6) is 0.654. The van der Waals surface area contributed by atoms with Gasteiger partial charge in [0, 0.05) is 32.4 Å². The number of pyridine rings is 1. The fourth-order valence-corrected chi connectivity index (χ4v) is 4.44. The topological polar surface area (TPSA) is 37.8 Å². The Morgan fingerprint density at radius 3 is 2.92 bits per heavy atom. The van der Waals surface area contributed by atoms with Crippen LogP contribution in [0.5, 0.6) is 0 Å². The van der Waals surface area contributed by atoms with E-state index < -0.39 is 0 Å². The van der Waals surface area contributed by atoms with Crippen LogP contribution in [0.3, 0.4) is 0 Å². The average Bonchev–Trinajstić information content (AvgIpc) is 3.19. The highest BCUT2D eigenvalue weighted by molar-refractivity contribution is 5.04. The molecule has 1 aromatic heterocycles. The first-order valence-corrected chi connectivity index (χ1v) is 9.38. The molecule has 1 aromatic rings. The number of ether oxygens (including phenoxy) is 2. The Kier molecular flexibility index (Phi) is 5.13. The maximum Gasteiger partial charge on any atom is 0.104 e. The van der Waals surface area contributed by atoms with Crippen LogP contribution >= 0.6 is 0 Å². The summed E-state index contributed by atoms with van der Waals surface area (Å²) < 4.78 is 12.3. The van der Waals surface area contributed by atoms with Crippen molar-refractivity contribution in [3.05, 3.63) is 30.1 Å². The van der Waals surface area contributed by atoms with Crippen LogP contribution in [0.25, 0.3) is 0 Å². The van der Waals surface area contributed by atoms with Crippen LogP contribution < -0.4 is 0 Å². The predicted octanol–water partition coefficient (Wildman–Crippen LogP) is 1.78. The lowest BCUT2D eigenvalue weighted by molar-refractivity contribution is -0.0563. The van der Waals surface area contributed by atoms with Crippen LogP contribution in [0.2, 0.25) is 0 Å². The Hall–Kier alpha value is -1.01. The van der Waals surface area contributed by atoms with Crippen LogP contribution in [0.1, 0.15) is 25.0 Å². The molecule has 4 rings (SSSR count). The summed E-state index contributed by atoms with van der Waals surface area (Å²) in [5.41, 5.74) is 1.01. The fraction of sp³-hybridized carbons (Fsp3) is 0.737. The molecule has 0 aliphatic carbocycles. The molecule has 0 saturated carbocycles. The molecule has 5 heteroatoms. The van der Waals surface area contributed by atoms with Gasteiger partial charge in [0.1, 0.15) is 5.60 Å². The van der Waals surface area contributed by atoms with Gasteiger partial charge in [0.25, 0.3) is 0 Å². The molecule has 0 bridgehead atoms. The molecule has 3 aliphatic heterocycles. The van der Waals surface area contributed by atoms with Crippen molar-refractivity contribution in [2.75, 3.05) is 52.5 Å². The van der Waals surface area contributed by atoms with Crippen molar-refractivity contribution in [2.24, 2.45) is 5.92 Å². The van der Waals surface area contributed by atoms with Crippen molar-refractivity contribution in [3.8, 4) is 0 Å². The van der Waals surface area contributed by atoms with E-state index in [1.165, 1.54) is 32.5 Å². The molecule has 4 heterocycles. The van der Waals surface area contributed by atoms with E-state index in [0.29, 0.717) is 5.92 Å². The third-order valence-corrected chi connectivity index (χ3v) is 5.54. The summed E-state index contributed by atoms with van der Waals surface area (Å²) in [6.45, 7) is 8.94. The van der Waals surface area contributed by atoms with E-state index in [1.54, 1.807) is 0 Å². The second-order valence-electron chi connectivity index (χ2n) is 7.66. The summed E-state index contributed by atoms with van der Waals surface area (Å²) in [5, 5.41) is 0. The molecule has 0 aromatic carbocycles. The molecule has 5 nitrogen and oxygen atoms in total. The quantitative estimate of drug-likeness (QED) is 0.841. The number of likely N-dealkylation sites (tertiary alicyclic amines) is 1. The minimum Gasteiger partial charge on any atom is -0.377 e. The number of hydrogen-bond donors (Lipinski definition) is 0. The van der Waals surface area contributed by atoms with Gasteiger partial charge < -0.3 is 14.4 Å². The maximum atomic E-state index is 6.34. The molecule has 3 saturated heterocycles. The summed E-state index contributed by atoms with van der Waals surface area (Å²) in [6, 6.07) is 6.13. The molecule has 3 fully saturated rings. The van der Waals surface area contributed by atoms with Crippen molar-refractivity contribution in [1.29, 1.82) is 0 Å². The van der Waals surface area contributed by atoms with E-state index in [9.17, 15) is 0 Å². The smallest absolute Gasteiger partial charge is 0.104 e. The van der Waals surface area contributed by atoms with E-state index in [2.05, 4.69) is 26.9 Å². The first kappa shape index (κ1) is 16.5. The van der Waals surface area contributed by atoms with Crippen molar-refractivity contribution < 1.29 is 9.47 Å². The van der Waals surface area contributed by atoms with E-state index in [0.717, 1.165) is 51.6 Å². The van der Waals surface area contributed by atoms with Gasteiger partial charge in [-0.2, -0.15) is 0 Å². The highest BCUT2D eigenvalue weighted by Crippen LogP contribution is 2.34. The molecule has 0 radical (unpaired) electrons. The Balaban J connectivity index is 1.37. The molecule has 0 N–H and O–H groups in total. The summed E-state index contributed by atoms with van der Waals surface area (Å²) in [6.07, 6.45) is 5.72. The Bertz CT molecular complexity index is 521. The second-order valence-corrected chi connectivity index (χ2v) is 7.66. The van der Waals surface area contributed by atoms with Gasteiger partial charge in [-0.05, 0) is 50.4 Å². The van der Waals surface area contributed by atoms with Gasteiger partial charge in [-0.3, -0.25) is 9.88 Å². The number of aromatic nitrogens is 1. The zero-order valence-electron chi connectivity index (χ0n) is 14.5. The van der Waals surface area contributed by atoms with Gasteiger partial charge in [-0.15, -0.1) is 0 Å². The van der Waals surface area contributed by atoms with Gasteiger partial charge in [-0.1, -0.05) is 6.07 Å². The van der Waals surface area contributed by atoms with Crippen molar-refractivity contribution in [1.82, 2.24) is 14.8 Å². The standard InChI is InChI=1S/C19H29N3O2/c1-2-6-20-18(5-1)13-22-9-10-23-16-19(15-22)11-17(14-24-19)12-21-7-3-4-8-21/h1-2,5-6,17H,3-4,7-16H2/t17-,19+/m0/s1. The zero-order chi connectivity index (χ0) is 16.2. The molecule has 0 unspecified atom stereocenters. The lowest BCUT2D eigenvalue weighted by Gasteiger charge is -2.31. The predicted molar refractivity (Wildman–Crippen MR) is 92.8 cm³/mol. The minimum atomic E-state index is -0.115. The molecule has 3 aliphatic rings. The highest BCUT2D eigenvalue weighted by Gasteiger charge is 2.43.